The Kier molecular flexibility index (Phi) is 4.53. The van der Waals surface area contributed by atoms with Gasteiger partial charge in [0.25, 0.3) is 0 Å². The van der Waals surface area contributed by atoms with Gasteiger partial charge in [0.2, 0.25) is 0 Å². The molecule has 2 aliphatic carbocycles. The van der Waals surface area contributed by atoms with Gasteiger partial charge in [-0.15, -0.1) is 0 Å². The molecule has 2 saturated carbocycles. The molecule has 1 heterocycles. The van der Waals surface area contributed by atoms with Crippen LogP contribution in [0, 0.1) is 11.8 Å². The maximum Gasteiger partial charge on any atom is 0.504 e. The van der Waals surface area contributed by atoms with E-state index >= 15 is 0 Å². The van der Waals surface area contributed by atoms with Crippen molar-refractivity contribution in [1.29, 1.82) is 0 Å². The summed E-state index contributed by atoms with van der Waals surface area (Å²) < 4.78 is 24.0. The molecule has 0 N–H and O–H groups in total. The van der Waals surface area contributed by atoms with E-state index in [0.29, 0.717) is 37.6 Å². The van der Waals surface area contributed by atoms with Gasteiger partial charge < -0.3 is 18.0 Å². The molecule has 3 rings (SSSR count). The summed E-state index contributed by atoms with van der Waals surface area (Å²) in [6.45, 7) is 8.20. The van der Waals surface area contributed by atoms with Crippen molar-refractivity contribution >= 4 is 8.80 Å². The Hall–Kier alpha value is 0.0569. The number of fused-ring (bicyclic) bond motifs is 2. The average Bonchev–Trinajstić information content (AvgIpc) is 3.04. The van der Waals surface area contributed by atoms with Gasteiger partial charge in [0.15, 0.2) is 0 Å². The third-order valence-corrected chi connectivity index (χ3v) is 8.68. The molecule has 1 aliphatic heterocycles. The van der Waals surface area contributed by atoms with E-state index in [1.54, 1.807) is 0 Å². The normalized spacial score (nSPS) is 39.5. The standard InChI is InChI=1S/C15H28O4Si/c1-4-16-20(17-5-2,18-6-3)13-7-11-9-14-15(19-14)10-12(11)8-13/h11-15H,4-10H2,1-3H3. The first kappa shape index (κ1) is 15.0. The van der Waals surface area contributed by atoms with Crippen molar-refractivity contribution in [3.05, 3.63) is 0 Å². The Morgan fingerprint density at radius 1 is 0.800 bits per heavy atom. The van der Waals surface area contributed by atoms with Gasteiger partial charge in [-0.3, -0.25) is 0 Å². The zero-order valence-corrected chi connectivity index (χ0v) is 14.0. The highest BCUT2D eigenvalue weighted by Crippen LogP contribution is 2.56. The van der Waals surface area contributed by atoms with E-state index in [4.69, 9.17) is 18.0 Å². The number of hydrogen-bond donors (Lipinski definition) is 0. The predicted molar refractivity (Wildman–Crippen MR) is 78.5 cm³/mol. The van der Waals surface area contributed by atoms with Gasteiger partial charge in [0.05, 0.1) is 12.2 Å². The molecule has 5 heteroatoms. The molecule has 0 spiro atoms. The zero-order chi connectivity index (χ0) is 14.2. The molecule has 0 bridgehead atoms. The van der Waals surface area contributed by atoms with Crippen LogP contribution in [0.3, 0.4) is 0 Å². The summed E-state index contributed by atoms with van der Waals surface area (Å²) in [6, 6.07) is 0. The summed E-state index contributed by atoms with van der Waals surface area (Å²) in [6.07, 6.45) is 6.06. The minimum atomic E-state index is -2.50. The lowest BCUT2D eigenvalue weighted by Gasteiger charge is -2.33. The third kappa shape index (κ3) is 2.71. The van der Waals surface area contributed by atoms with Crippen molar-refractivity contribution in [2.75, 3.05) is 19.8 Å². The molecule has 3 aliphatic rings. The van der Waals surface area contributed by atoms with Gasteiger partial charge >= 0.3 is 8.80 Å². The van der Waals surface area contributed by atoms with Crippen molar-refractivity contribution in [3.8, 4) is 0 Å². The molecular weight excluding hydrogens is 272 g/mol. The van der Waals surface area contributed by atoms with E-state index in [0.717, 1.165) is 11.8 Å². The van der Waals surface area contributed by atoms with Crippen molar-refractivity contribution in [2.24, 2.45) is 11.8 Å². The van der Waals surface area contributed by atoms with Crippen LogP contribution in [0.5, 0.6) is 0 Å². The Morgan fingerprint density at radius 3 is 1.65 bits per heavy atom. The minimum absolute atomic E-state index is 0.495. The van der Waals surface area contributed by atoms with Gasteiger partial charge in [-0.1, -0.05) is 0 Å². The molecule has 0 aromatic rings. The van der Waals surface area contributed by atoms with Gasteiger partial charge in [-0.25, -0.2) is 0 Å². The van der Waals surface area contributed by atoms with Crippen LogP contribution in [-0.2, 0) is 18.0 Å². The molecule has 20 heavy (non-hydrogen) atoms. The van der Waals surface area contributed by atoms with Crippen LogP contribution in [-0.4, -0.2) is 40.8 Å². The van der Waals surface area contributed by atoms with E-state index in [1.165, 1.54) is 25.7 Å². The molecule has 4 atom stereocenters. The van der Waals surface area contributed by atoms with Crippen molar-refractivity contribution in [2.45, 2.75) is 64.2 Å². The third-order valence-electron chi connectivity index (χ3n) is 5.14. The predicted octanol–water partition coefficient (Wildman–Crippen LogP) is 2.99. The lowest BCUT2D eigenvalue weighted by Crippen LogP contribution is -2.50. The summed E-state index contributed by atoms with van der Waals surface area (Å²) in [5.41, 5.74) is 0.495. The molecule has 0 amide bonds. The van der Waals surface area contributed by atoms with Gasteiger partial charge in [0.1, 0.15) is 0 Å². The molecule has 1 saturated heterocycles. The second-order valence-corrected chi connectivity index (χ2v) is 9.17. The Morgan fingerprint density at radius 2 is 1.25 bits per heavy atom. The molecule has 4 unspecified atom stereocenters. The second kappa shape index (κ2) is 6.05. The quantitative estimate of drug-likeness (QED) is 0.535. The fourth-order valence-electron chi connectivity index (χ4n) is 4.35. The van der Waals surface area contributed by atoms with E-state index in [9.17, 15) is 0 Å². The SMILES string of the molecule is CCO[Si](OCC)(OCC)C1CC2CC3OC3CC2C1. The molecule has 3 fully saturated rings. The van der Waals surface area contributed by atoms with Crippen LogP contribution >= 0.6 is 0 Å². The summed E-state index contributed by atoms with van der Waals surface area (Å²) in [5, 5.41) is 0. The number of epoxide rings is 1. The maximum absolute atomic E-state index is 6.10. The van der Waals surface area contributed by atoms with Crippen LogP contribution in [0.2, 0.25) is 5.54 Å². The van der Waals surface area contributed by atoms with E-state index in [2.05, 4.69) is 0 Å². The molecule has 0 aromatic heterocycles. The van der Waals surface area contributed by atoms with Gasteiger partial charge in [-0.05, 0) is 58.3 Å². The van der Waals surface area contributed by atoms with Crippen LogP contribution in [0.15, 0.2) is 0 Å². The highest BCUT2D eigenvalue weighted by molar-refractivity contribution is 6.62. The lowest BCUT2D eigenvalue weighted by atomic mass is 9.82. The van der Waals surface area contributed by atoms with Gasteiger partial charge in [-0.2, -0.15) is 0 Å². The molecule has 116 valence electrons. The van der Waals surface area contributed by atoms with Crippen LogP contribution in [0.1, 0.15) is 46.5 Å². The first-order valence-corrected chi connectivity index (χ1v) is 10.1. The maximum atomic E-state index is 6.10. The van der Waals surface area contributed by atoms with Crippen LogP contribution < -0.4 is 0 Å². The Balaban J connectivity index is 1.70. The largest absolute Gasteiger partial charge is 0.504 e. The molecule has 4 nitrogen and oxygen atoms in total. The highest BCUT2D eigenvalue weighted by Gasteiger charge is 2.58. The fraction of sp³-hybridized carbons (Fsp3) is 1.00. The lowest BCUT2D eigenvalue weighted by molar-refractivity contribution is 0.0604. The Labute approximate surface area is 123 Å². The monoisotopic (exact) mass is 300 g/mol. The van der Waals surface area contributed by atoms with E-state index < -0.39 is 8.80 Å². The zero-order valence-electron chi connectivity index (χ0n) is 13.0. The number of hydrogen-bond acceptors (Lipinski definition) is 4. The second-order valence-electron chi connectivity index (χ2n) is 6.28. The van der Waals surface area contributed by atoms with E-state index in [-0.39, 0.29) is 0 Å². The van der Waals surface area contributed by atoms with Crippen molar-refractivity contribution < 1.29 is 18.0 Å². The molecule has 0 radical (unpaired) electrons. The van der Waals surface area contributed by atoms with Crippen molar-refractivity contribution in [1.82, 2.24) is 0 Å². The molecular formula is C15H28O4Si. The first-order valence-electron chi connectivity index (χ1n) is 8.29. The fourth-order valence-corrected chi connectivity index (χ4v) is 7.70. The van der Waals surface area contributed by atoms with Crippen LogP contribution in [0.4, 0.5) is 0 Å². The average molecular weight is 300 g/mol. The topological polar surface area (TPSA) is 40.2 Å². The minimum Gasteiger partial charge on any atom is -0.374 e. The summed E-state index contributed by atoms with van der Waals surface area (Å²) in [7, 11) is -2.50. The van der Waals surface area contributed by atoms with E-state index in [1.807, 2.05) is 20.8 Å². The summed E-state index contributed by atoms with van der Waals surface area (Å²) >= 11 is 0. The first-order chi connectivity index (χ1) is 9.72. The highest BCUT2D eigenvalue weighted by atomic mass is 28.4. The smallest absolute Gasteiger partial charge is 0.374 e. The molecule has 0 aromatic carbocycles. The van der Waals surface area contributed by atoms with Crippen LogP contribution in [0.25, 0.3) is 0 Å². The number of rotatable bonds is 7. The van der Waals surface area contributed by atoms with Gasteiger partial charge in [0, 0.05) is 25.4 Å². The summed E-state index contributed by atoms with van der Waals surface area (Å²) in [4.78, 5) is 0. The summed E-state index contributed by atoms with van der Waals surface area (Å²) in [5.74, 6) is 1.61. The number of ether oxygens (including phenoxy) is 1. The van der Waals surface area contributed by atoms with Crippen molar-refractivity contribution in [3.63, 3.8) is 0 Å². The Bertz CT molecular complexity index is 303.